The number of nitrogens with zero attached hydrogens (tertiary/aromatic N) is 1. The number of likely N-dealkylation sites (tertiary alicyclic amines) is 1. The Hall–Kier alpha value is -2.53. The molecule has 2 unspecified atom stereocenters. The highest BCUT2D eigenvalue weighted by molar-refractivity contribution is 5.74. The number of hydrogen-bond acceptors (Lipinski definition) is 4. The number of ether oxygens (including phenoxy) is 2. The Kier molecular flexibility index (Phi) is 5.71. The second-order valence-corrected chi connectivity index (χ2v) is 7.11. The third-order valence-electron chi connectivity index (χ3n) is 5.36. The van der Waals surface area contributed by atoms with Gasteiger partial charge in [0.1, 0.15) is 6.04 Å². The Labute approximate surface area is 160 Å². The van der Waals surface area contributed by atoms with Crippen LogP contribution in [0.15, 0.2) is 36.4 Å². The molecule has 144 valence electrons. The molecule has 0 amide bonds. The first-order chi connectivity index (χ1) is 13.0. The van der Waals surface area contributed by atoms with Crippen LogP contribution in [0.3, 0.4) is 0 Å². The van der Waals surface area contributed by atoms with Crippen molar-refractivity contribution in [2.45, 2.75) is 38.8 Å². The number of methoxy groups -OCH3 is 2. The van der Waals surface area contributed by atoms with Gasteiger partial charge in [0.05, 0.1) is 20.3 Å². The zero-order chi connectivity index (χ0) is 19.6. The van der Waals surface area contributed by atoms with E-state index in [1.165, 1.54) is 0 Å². The lowest BCUT2D eigenvalue weighted by atomic mass is 9.91. The van der Waals surface area contributed by atoms with Gasteiger partial charge < -0.3 is 14.6 Å². The summed E-state index contributed by atoms with van der Waals surface area (Å²) >= 11 is 0. The Balaban J connectivity index is 2.16. The molecule has 2 aromatic carbocycles. The molecular formula is C22H27NO4. The van der Waals surface area contributed by atoms with Gasteiger partial charge in [-0.15, -0.1) is 0 Å². The summed E-state index contributed by atoms with van der Waals surface area (Å²) in [5.41, 5.74) is 4.45. The molecule has 1 aliphatic heterocycles. The molecule has 5 nitrogen and oxygen atoms in total. The molecule has 27 heavy (non-hydrogen) atoms. The maximum atomic E-state index is 11.9. The quantitative estimate of drug-likeness (QED) is 0.835. The van der Waals surface area contributed by atoms with Crippen LogP contribution >= 0.6 is 0 Å². The van der Waals surface area contributed by atoms with E-state index in [0.29, 0.717) is 17.9 Å². The number of benzene rings is 2. The molecule has 0 radical (unpaired) electrons. The summed E-state index contributed by atoms with van der Waals surface area (Å²) < 4.78 is 10.9. The molecule has 5 heteroatoms. The Morgan fingerprint density at radius 2 is 1.85 bits per heavy atom. The van der Waals surface area contributed by atoms with Crippen LogP contribution in [0.25, 0.3) is 0 Å². The summed E-state index contributed by atoms with van der Waals surface area (Å²) in [5, 5.41) is 9.75. The number of aryl methyl sites for hydroxylation is 2. The summed E-state index contributed by atoms with van der Waals surface area (Å²) in [6, 6.07) is 11.6. The summed E-state index contributed by atoms with van der Waals surface area (Å²) in [6.45, 7) is 4.89. The number of carboxylic acid groups (broad SMARTS) is 1. The highest BCUT2D eigenvalue weighted by Gasteiger charge is 2.37. The van der Waals surface area contributed by atoms with E-state index in [1.54, 1.807) is 14.2 Å². The van der Waals surface area contributed by atoms with E-state index >= 15 is 0 Å². The first-order valence-corrected chi connectivity index (χ1v) is 9.24. The van der Waals surface area contributed by atoms with E-state index in [9.17, 15) is 9.90 Å². The average molecular weight is 369 g/mol. The molecule has 3 rings (SSSR count). The zero-order valence-corrected chi connectivity index (χ0v) is 16.4. The third kappa shape index (κ3) is 3.78. The second kappa shape index (κ2) is 8.01. The third-order valence-corrected chi connectivity index (χ3v) is 5.36. The lowest BCUT2D eigenvalue weighted by molar-refractivity contribution is -0.142. The lowest BCUT2D eigenvalue weighted by Crippen LogP contribution is -2.39. The largest absolute Gasteiger partial charge is 0.493 e. The normalized spacial score (nSPS) is 18.3. The molecule has 1 saturated heterocycles. The first kappa shape index (κ1) is 19.2. The van der Waals surface area contributed by atoms with Crippen molar-refractivity contribution in [3.8, 4) is 11.5 Å². The summed E-state index contributed by atoms with van der Waals surface area (Å²) in [4.78, 5) is 14.0. The minimum atomic E-state index is -0.761. The standard InChI is InChI=1S/C22H27NO4/c1-14-7-8-15(2)17(12-14)21(23-11-5-6-18(23)22(24)25)16-9-10-19(26-3)20(13-16)27-4/h7-10,12-13,18,21H,5-6,11H2,1-4H3,(H,24,25). The molecule has 0 aliphatic carbocycles. The molecule has 2 aromatic rings. The summed E-state index contributed by atoms with van der Waals surface area (Å²) in [6.07, 6.45) is 1.55. The predicted molar refractivity (Wildman–Crippen MR) is 105 cm³/mol. The Bertz CT molecular complexity index is 833. The minimum absolute atomic E-state index is 0.145. The zero-order valence-electron chi connectivity index (χ0n) is 16.4. The van der Waals surface area contributed by atoms with Gasteiger partial charge in [-0.3, -0.25) is 9.69 Å². The monoisotopic (exact) mass is 369 g/mol. The maximum Gasteiger partial charge on any atom is 0.320 e. The number of carboxylic acids is 1. The van der Waals surface area contributed by atoms with Crippen molar-refractivity contribution in [2.24, 2.45) is 0 Å². The molecule has 1 heterocycles. The number of carbonyl (C=O) groups is 1. The highest BCUT2D eigenvalue weighted by Crippen LogP contribution is 2.39. The van der Waals surface area contributed by atoms with Gasteiger partial charge in [0.2, 0.25) is 0 Å². The van der Waals surface area contributed by atoms with Crippen LogP contribution in [0.1, 0.15) is 41.1 Å². The van der Waals surface area contributed by atoms with E-state index in [2.05, 4.69) is 36.9 Å². The van der Waals surface area contributed by atoms with E-state index in [-0.39, 0.29) is 6.04 Å². The molecule has 0 aromatic heterocycles. The van der Waals surface area contributed by atoms with Gasteiger partial charge in [-0.05, 0) is 55.5 Å². The Morgan fingerprint density at radius 1 is 1.11 bits per heavy atom. The van der Waals surface area contributed by atoms with Gasteiger partial charge >= 0.3 is 5.97 Å². The first-order valence-electron chi connectivity index (χ1n) is 9.24. The molecule has 1 aliphatic rings. The predicted octanol–water partition coefficient (Wildman–Crippen LogP) is 3.96. The highest BCUT2D eigenvalue weighted by atomic mass is 16.5. The second-order valence-electron chi connectivity index (χ2n) is 7.11. The van der Waals surface area contributed by atoms with Crippen LogP contribution in [0.4, 0.5) is 0 Å². The van der Waals surface area contributed by atoms with E-state index < -0.39 is 12.0 Å². The molecular weight excluding hydrogens is 342 g/mol. The maximum absolute atomic E-state index is 11.9. The SMILES string of the molecule is COc1ccc(C(c2cc(C)ccc2C)N2CCCC2C(=O)O)cc1OC. The molecule has 1 fully saturated rings. The van der Waals surface area contributed by atoms with Gasteiger partial charge in [-0.25, -0.2) is 0 Å². The average Bonchev–Trinajstić information content (AvgIpc) is 3.14. The van der Waals surface area contributed by atoms with Gasteiger partial charge in [0, 0.05) is 6.54 Å². The lowest BCUT2D eigenvalue weighted by Gasteiger charge is -2.33. The fourth-order valence-corrected chi connectivity index (χ4v) is 3.99. The number of hydrogen-bond donors (Lipinski definition) is 1. The summed E-state index contributed by atoms with van der Waals surface area (Å²) in [5.74, 6) is 0.553. The van der Waals surface area contributed by atoms with Crippen molar-refractivity contribution in [3.63, 3.8) is 0 Å². The van der Waals surface area contributed by atoms with Crippen molar-refractivity contribution in [3.05, 3.63) is 58.7 Å². The van der Waals surface area contributed by atoms with Crippen LogP contribution in [0, 0.1) is 13.8 Å². The summed E-state index contributed by atoms with van der Waals surface area (Å²) in [7, 11) is 3.23. The topological polar surface area (TPSA) is 59.0 Å². The van der Waals surface area contributed by atoms with Crippen LogP contribution in [-0.4, -0.2) is 42.8 Å². The van der Waals surface area contributed by atoms with Crippen molar-refractivity contribution in [1.29, 1.82) is 0 Å². The van der Waals surface area contributed by atoms with Crippen molar-refractivity contribution in [2.75, 3.05) is 20.8 Å². The van der Waals surface area contributed by atoms with Crippen LogP contribution in [0.5, 0.6) is 11.5 Å². The van der Waals surface area contributed by atoms with Crippen LogP contribution < -0.4 is 9.47 Å². The fraction of sp³-hybridized carbons (Fsp3) is 0.409. The minimum Gasteiger partial charge on any atom is -0.493 e. The van der Waals surface area contributed by atoms with Gasteiger partial charge in [0.15, 0.2) is 11.5 Å². The number of aliphatic carboxylic acids is 1. The van der Waals surface area contributed by atoms with Crippen molar-refractivity contribution < 1.29 is 19.4 Å². The van der Waals surface area contributed by atoms with Crippen molar-refractivity contribution in [1.82, 2.24) is 4.90 Å². The fourth-order valence-electron chi connectivity index (χ4n) is 3.99. The van der Waals surface area contributed by atoms with Crippen molar-refractivity contribution >= 4 is 5.97 Å². The van der Waals surface area contributed by atoms with E-state index in [4.69, 9.17) is 9.47 Å². The van der Waals surface area contributed by atoms with Gasteiger partial charge in [-0.1, -0.05) is 29.8 Å². The van der Waals surface area contributed by atoms with Crippen LogP contribution in [-0.2, 0) is 4.79 Å². The Morgan fingerprint density at radius 3 is 2.52 bits per heavy atom. The molecule has 0 saturated carbocycles. The van der Waals surface area contributed by atoms with Crippen LogP contribution in [0.2, 0.25) is 0 Å². The van der Waals surface area contributed by atoms with E-state index in [0.717, 1.165) is 35.2 Å². The molecule has 2 atom stereocenters. The van der Waals surface area contributed by atoms with Gasteiger partial charge in [0.25, 0.3) is 0 Å². The molecule has 0 spiro atoms. The van der Waals surface area contributed by atoms with E-state index in [1.807, 2.05) is 18.2 Å². The molecule has 1 N–H and O–H groups in total. The van der Waals surface area contributed by atoms with Gasteiger partial charge in [-0.2, -0.15) is 0 Å². The molecule has 0 bridgehead atoms. The smallest absolute Gasteiger partial charge is 0.320 e. The number of rotatable bonds is 6.